The lowest BCUT2D eigenvalue weighted by Gasteiger charge is -2.22. The van der Waals surface area contributed by atoms with Crippen LogP contribution in [-0.2, 0) is 15.3 Å². The molecule has 6 nitrogen and oxygen atoms in total. The summed E-state index contributed by atoms with van der Waals surface area (Å²) in [7, 11) is 1.31. The van der Waals surface area contributed by atoms with Crippen LogP contribution in [0.15, 0.2) is 36.4 Å². The Balaban J connectivity index is 1.86. The van der Waals surface area contributed by atoms with E-state index in [0.29, 0.717) is 5.69 Å². The molecular weight excluding hydrogens is 346 g/mol. The molecule has 0 saturated heterocycles. The molecule has 0 spiro atoms. The van der Waals surface area contributed by atoms with Crippen molar-refractivity contribution in [1.29, 1.82) is 0 Å². The lowest BCUT2D eigenvalue weighted by Crippen LogP contribution is -2.35. The highest BCUT2D eigenvalue weighted by molar-refractivity contribution is 6.65. The lowest BCUT2D eigenvalue weighted by molar-refractivity contribution is 0.248. The normalized spacial score (nSPS) is 12.0. The number of phenolic OH excluding ortho intramolecular Hbond substituents is 1. The van der Waals surface area contributed by atoms with Gasteiger partial charge in [-0.05, 0) is 61.7 Å². The molecular formula is C19H25N3O3Si. The molecule has 7 heteroatoms. The van der Waals surface area contributed by atoms with E-state index in [4.69, 9.17) is 8.85 Å². The highest BCUT2D eigenvalue weighted by Crippen LogP contribution is 2.30. The third-order valence-corrected chi connectivity index (χ3v) is 7.74. The summed E-state index contributed by atoms with van der Waals surface area (Å²) in [6.07, 6.45) is 1.63. The summed E-state index contributed by atoms with van der Waals surface area (Å²) in [6, 6.07) is 12.5. The van der Waals surface area contributed by atoms with Gasteiger partial charge in [-0.1, -0.05) is 18.2 Å². The second kappa shape index (κ2) is 7.57. The molecule has 0 bridgehead atoms. The highest BCUT2D eigenvalue weighted by Gasteiger charge is 2.28. The number of rotatable bonds is 7. The second-order valence-corrected chi connectivity index (χ2v) is 10.2. The molecule has 0 atom stereocenters. The van der Waals surface area contributed by atoms with Gasteiger partial charge in [0.15, 0.2) is 0 Å². The molecule has 0 aliphatic heterocycles. The van der Waals surface area contributed by atoms with E-state index >= 15 is 0 Å². The van der Waals surface area contributed by atoms with Gasteiger partial charge in [-0.15, -0.1) is 15.0 Å². The molecule has 0 saturated carbocycles. The Kier molecular flexibility index (Phi) is 5.40. The zero-order valence-electron chi connectivity index (χ0n) is 15.7. The number of nitrogens with zero attached hydrogens (tertiary/aromatic N) is 3. The van der Waals surface area contributed by atoms with Gasteiger partial charge < -0.3 is 14.0 Å². The summed E-state index contributed by atoms with van der Waals surface area (Å²) in [5, 5.41) is 19.8. The van der Waals surface area contributed by atoms with Crippen molar-refractivity contribution in [3.05, 3.63) is 47.5 Å². The fourth-order valence-electron chi connectivity index (χ4n) is 3.03. The van der Waals surface area contributed by atoms with E-state index in [9.17, 15) is 5.11 Å². The Morgan fingerprint density at radius 1 is 1.08 bits per heavy atom. The van der Waals surface area contributed by atoms with Gasteiger partial charge in [0, 0.05) is 14.2 Å². The summed E-state index contributed by atoms with van der Waals surface area (Å²) >= 11 is 0. The Hall–Kier alpha value is -2.22. The first-order chi connectivity index (χ1) is 12.5. The second-order valence-electron chi connectivity index (χ2n) is 6.67. The zero-order chi connectivity index (χ0) is 18.7. The first kappa shape index (κ1) is 18.6. The number of hydrogen-bond donors (Lipinski definition) is 1. The molecule has 2 aromatic carbocycles. The largest absolute Gasteiger partial charge is 0.505 e. The monoisotopic (exact) mass is 371 g/mol. The standard InChI is InChI=1S/C19H25N3O3Si/c1-14-12-15(8-7-11-26(4,24-2)25-3)19(23)18(13-14)22-20-16-9-5-6-10-17(16)21-22/h5-6,9-10,12-13,23H,7-8,11H2,1-4H3. The van der Waals surface area contributed by atoms with Crippen LogP contribution in [0.1, 0.15) is 17.5 Å². The third kappa shape index (κ3) is 3.79. The molecule has 0 amide bonds. The lowest BCUT2D eigenvalue weighted by atomic mass is 10.0. The van der Waals surface area contributed by atoms with Crippen LogP contribution in [0.25, 0.3) is 16.7 Å². The predicted molar refractivity (Wildman–Crippen MR) is 104 cm³/mol. The fraction of sp³-hybridized carbons (Fsp3) is 0.368. The average molecular weight is 372 g/mol. The van der Waals surface area contributed by atoms with E-state index in [-0.39, 0.29) is 5.75 Å². The SMILES string of the molecule is CO[Si](C)(CCCc1cc(C)cc(-n2nc3ccccc3n2)c1O)OC. The molecule has 0 radical (unpaired) electrons. The summed E-state index contributed by atoms with van der Waals surface area (Å²) in [5.74, 6) is 0.231. The van der Waals surface area contributed by atoms with Crippen LogP contribution in [0.5, 0.6) is 5.75 Å². The molecule has 1 aromatic heterocycles. The van der Waals surface area contributed by atoms with Gasteiger partial charge in [-0.2, -0.15) is 0 Å². The van der Waals surface area contributed by atoms with Gasteiger partial charge >= 0.3 is 8.56 Å². The number of aryl methyl sites for hydroxylation is 2. The van der Waals surface area contributed by atoms with E-state index in [1.807, 2.05) is 49.9 Å². The summed E-state index contributed by atoms with van der Waals surface area (Å²) < 4.78 is 11.1. The molecule has 1 N–H and O–H groups in total. The molecule has 138 valence electrons. The number of aromatic hydroxyl groups is 1. The first-order valence-corrected chi connectivity index (χ1v) is 11.2. The number of fused-ring (bicyclic) bond motifs is 1. The van der Waals surface area contributed by atoms with Crippen molar-refractivity contribution in [3.63, 3.8) is 0 Å². The van der Waals surface area contributed by atoms with Crippen LogP contribution in [0.4, 0.5) is 0 Å². The first-order valence-electron chi connectivity index (χ1n) is 8.71. The minimum absolute atomic E-state index is 0.231. The maximum Gasteiger partial charge on any atom is 0.334 e. The molecule has 0 unspecified atom stereocenters. The van der Waals surface area contributed by atoms with Crippen molar-refractivity contribution < 1.29 is 14.0 Å². The minimum atomic E-state index is -2.09. The van der Waals surface area contributed by atoms with Crippen molar-refractivity contribution in [2.45, 2.75) is 32.4 Å². The van der Waals surface area contributed by atoms with Gasteiger partial charge in [-0.3, -0.25) is 0 Å². The maximum atomic E-state index is 10.8. The average Bonchev–Trinajstić information content (AvgIpc) is 3.08. The van der Waals surface area contributed by atoms with Crippen LogP contribution in [0.2, 0.25) is 12.6 Å². The number of aromatic nitrogens is 3. The van der Waals surface area contributed by atoms with Gasteiger partial charge in [0.1, 0.15) is 22.5 Å². The Labute approximate surface area is 154 Å². The molecule has 3 aromatic rings. The molecule has 1 heterocycles. The fourth-order valence-corrected chi connectivity index (χ4v) is 4.43. The quantitative estimate of drug-likeness (QED) is 0.641. The van der Waals surface area contributed by atoms with Crippen LogP contribution < -0.4 is 0 Å². The van der Waals surface area contributed by atoms with E-state index in [1.54, 1.807) is 14.2 Å². The maximum absolute atomic E-state index is 10.8. The van der Waals surface area contributed by atoms with Crippen molar-refractivity contribution in [2.75, 3.05) is 14.2 Å². The number of benzene rings is 2. The van der Waals surface area contributed by atoms with E-state index in [0.717, 1.165) is 41.0 Å². The molecule has 26 heavy (non-hydrogen) atoms. The smallest absolute Gasteiger partial charge is 0.334 e. The zero-order valence-corrected chi connectivity index (χ0v) is 16.7. The van der Waals surface area contributed by atoms with Gasteiger partial charge in [-0.25, -0.2) is 0 Å². The van der Waals surface area contributed by atoms with E-state index in [2.05, 4.69) is 10.2 Å². The number of hydrogen-bond acceptors (Lipinski definition) is 5. The Morgan fingerprint density at radius 3 is 2.27 bits per heavy atom. The predicted octanol–water partition coefficient (Wildman–Crippen LogP) is 3.73. The van der Waals surface area contributed by atoms with Gasteiger partial charge in [0.05, 0.1) is 0 Å². The molecule has 3 rings (SSSR count). The van der Waals surface area contributed by atoms with Crippen molar-refractivity contribution in [1.82, 2.24) is 15.0 Å². The topological polar surface area (TPSA) is 69.4 Å². The molecule has 0 aliphatic rings. The summed E-state index contributed by atoms with van der Waals surface area (Å²) in [5.41, 5.74) is 4.17. The van der Waals surface area contributed by atoms with Crippen molar-refractivity contribution in [3.8, 4) is 11.4 Å². The minimum Gasteiger partial charge on any atom is -0.505 e. The summed E-state index contributed by atoms with van der Waals surface area (Å²) in [6.45, 7) is 4.06. The van der Waals surface area contributed by atoms with Crippen molar-refractivity contribution >= 4 is 19.6 Å². The van der Waals surface area contributed by atoms with Gasteiger partial charge in [0.2, 0.25) is 0 Å². The van der Waals surface area contributed by atoms with Crippen LogP contribution in [0, 0.1) is 6.92 Å². The van der Waals surface area contributed by atoms with Crippen LogP contribution >= 0.6 is 0 Å². The molecule has 0 aliphatic carbocycles. The Morgan fingerprint density at radius 2 is 1.69 bits per heavy atom. The van der Waals surface area contributed by atoms with E-state index < -0.39 is 8.56 Å². The van der Waals surface area contributed by atoms with Crippen molar-refractivity contribution in [2.24, 2.45) is 0 Å². The van der Waals surface area contributed by atoms with E-state index in [1.165, 1.54) is 4.80 Å². The highest BCUT2D eigenvalue weighted by atomic mass is 28.4. The Bertz CT molecular complexity index is 873. The van der Waals surface area contributed by atoms with Crippen LogP contribution in [-0.4, -0.2) is 42.9 Å². The van der Waals surface area contributed by atoms with Gasteiger partial charge in [0.25, 0.3) is 0 Å². The summed E-state index contributed by atoms with van der Waals surface area (Å²) in [4.78, 5) is 1.51. The molecule has 0 fully saturated rings. The third-order valence-electron chi connectivity index (χ3n) is 4.76. The van der Waals surface area contributed by atoms with Crippen LogP contribution in [0.3, 0.4) is 0 Å². The number of phenols is 1.